The maximum Gasteiger partial charge on any atom is 0.0897 e. The molecule has 0 aliphatic heterocycles. The van der Waals surface area contributed by atoms with Crippen molar-refractivity contribution in [3.8, 4) is 0 Å². The second-order valence-corrected chi connectivity index (χ2v) is 4.80. The predicted molar refractivity (Wildman–Crippen MR) is 61.4 cm³/mol. The number of hydrogen-bond donors (Lipinski definition) is 2. The average Bonchev–Trinajstić information content (AvgIpc) is 2.58. The van der Waals surface area contributed by atoms with Crippen LogP contribution in [0.3, 0.4) is 0 Å². The Balaban J connectivity index is 2.10. The molecular formula is C10H19N3S. The van der Waals surface area contributed by atoms with Crippen LogP contribution in [0.2, 0.25) is 0 Å². The van der Waals surface area contributed by atoms with Gasteiger partial charge in [0.2, 0.25) is 0 Å². The number of nitrogens with two attached hydrogens (primary N) is 1. The molecule has 80 valence electrons. The Morgan fingerprint density at radius 1 is 1.64 bits per heavy atom. The molecule has 0 saturated heterocycles. The number of hydrogen-bond acceptors (Lipinski definition) is 4. The lowest BCUT2D eigenvalue weighted by molar-refractivity contribution is 0.551. The molecule has 1 aromatic rings. The van der Waals surface area contributed by atoms with Crippen LogP contribution in [0.4, 0.5) is 0 Å². The fraction of sp³-hybridized carbons (Fsp3) is 0.700. The lowest BCUT2D eigenvalue weighted by Crippen LogP contribution is -2.25. The van der Waals surface area contributed by atoms with E-state index in [4.69, 9.17) is 5.73 Å². The van der Waals surface area contributed by atoms with E-state index < -0.39 is 0 Å². The molecule has 1 aromatic heterocycles. The second-order valence-electron chi connectivity index (χ2n) is 3.48. The molecule has 3 N–H and O–H groups in total. The topological polar surface area (TPSA) is 50.9 Å². The van der Waals surface area contributed by atoms with Crippen molar-refractivity contribution >= 4 is 11.3 Å². The average molecular weight is 213 g/mol. The summed E-state index contributed by atoms with van der Waals surface area (Å²) in [6.45, 7) is 6.06. The van der Waals surface area contributed by atoms with Gasteiger partial charge in [0.1, 0.15) is 0 Å². The zero-order valence-electron chi connectivity index (χ0n) is 8.92. The van der Waals surface area contributed by atoms with Gasteiger partial charge in [-0.05, 0) is 26.3 Å². The summed E-state index contributed by atoms with van der Waals surface area (Å²) in [7, 11) is 0. The number of aryl methyl sites for hydroxylation is 1. The maximum absolute atomic E-state index is 5.81. The molecule has 0 spiro atoms. The minimum atomic E-state index is 0.339. The highest BCUT2D eigenvalue weighted by molar-refractivity contribution is 7.11. The Kier molecular flexibility index (Phi) is 5.07. The highest BCUT2D eigenvalue weighted by atomic mass is 32.1. The fourth-order valence-electron chi connectivity index (χ4n) is 1.19. The Labute approximate surface area is 89.7 Å². The van der Waals surface area contributed by atoms with Gasteiger partial charge in [-0.1, -0.05) is 6.92 Å². The molecule has 1 atom stereocenters. The monoisotopic (exact) mass is 213 g/mol. The SMILES string of the molecule is CCC(N)CCNCc1cnc(C)s1. The Hall–Kier alpha value is -0.450. The summed E-state index contributed by atoms with van der Waals surface area (Å²) >= 11 is 1.75. The van der Waals surface area contributed by atoms with Crippen molar-refractivity contribution in [2.75, 3.05) is 6.54 Å². The number of nitrogens with zero attached hydrogens (tertiary/aromatic N) is 1. The van der Waals surface area contributed by atoms with Crippen LogP contribution < -0.4 is 11.1 Å². The summed E-state index contributed by atoms with van der Waals surface area (Å²) in [5, 5.41) is 4.50. The Bertz CT molecular complexity index is 260. The molecule has 1 unspecified atom stereocenters. The minimum absolute atomic E-state index is 0.339. The molecule has 0 fully saturated rings. The first kappa shape index (κ1) is 11.6. The molecule has 0 aromatic carbocycles. The molecule has 0 saturated carbocycles. The van der Waals surface area contributed by atoms with E-state index in [0.717, 1.165) is 30.9 Å². The summed E-state index contributed by atoms with van der Waals surface area (Å²) in [5.74, 6) is 0. The third kappa shape index (κ3) is 4.17. The van der Waals surface area contributed by atoms with Crippen LogP contribution in [0, 0.1) is 6.92 Å². The predicted octanol–water partition coefficient (Wildman–Crippen LogP) is 1.67. The molecule has 3 nitrogen and oxygen atoms in total. The van der Waals surface area contributed by atoms with Crippen molar-refractivity contribution < 1.29 is 0 Å². The zero-order chi connectivity index (χ0) is 10.4. The quantitative estimate of drug-likeness (QED) is 0.707. The van der Waals surface area contributed by atoms with Crippen molar-refractivity contribution in [1.29, 1.82) is 0 Å². The lowest BCUT2D eigenvalue weighted by atomic mass is 10.2. The summed E-state index contributed by atoms with van der Waals surface area (Å²) in [4.78, 5) is 5.50. The molecule has 0 radical (unpaired) electrons. The zero-order valence-corrected chi connectivity index (χ0v) is 9.73. The number of aromatic nitrogens is 1. The molecule has 14 heavy (non-hydrogen) atoms. The van der Waals surface area contributed by atoms with Gasteiger partial charge in [0.15, 0.2) is 0 Å². The normalized spacial score (nSPS) is 13.1. The molecule has 0 bridgehead atoms. The number of thiazole rings is 1. The fourth-order valence-corrected chi connectivity index (χ4v) is 1.95. The Morgan fingerprint density at radius 3 is 3.00 bits per heavy atom. The van der Waals surface area contributed by atoms with Crippen LogP contribution in [0.1, 0.15) is 29.7 Å². The van der Waals surface area contributed by atoms with Gasteiger partial charge < -0.3 is 11.1 Å². The van der Waals surface area contributed by atoms with Gasteiger partial charge in [0.05, 0.1) is 5.01 Å². The van der Waals surface area contributed by atoms with Gasteiger partial charge in [-0.15, -0.1) is 11.3 Å². The van der Waals surface area contributed by atoms with Crippen molar-refractivity contribution in [2.45, 2.75) is 39.3 Å². The highest BCUT2D eigenvalue weighted by Crippen LogP contribution is 2.10. The van der Waals surface area contributed by atoms with Crippen LogP contribution in [-0.4, -0.2) is 17.6 Å². The van der Waals surface area contributed by atoms with Gasteiger partial charge in [-0.3, -0.25) is 0 Å². The Morgan fingerprint density at radius 2 is 2.43 bits per heavy atom. The van der Waals surface area contributed by atoms with Crippen LogP contribution in [0.25, 0.3) is 0 Å². The molecule has 0 aliphatic rings. The lowest BCUT2D eigenvalue weighted by Gasteiger charge is -2.08. The first-order valence-electron chi connectivity index (χ1n) is 5.10. The smallest absolute Gasteiger partial charge is 0.0897 e. The van der Waals surface area contributed by atoms with E-state index in [1.807, 2.05) is 13.1 Å². The standard InChI is InChI=1S/C10H19N3S/c1-3-9(11)4-5-12-6-10-7-13-8(2)14-10/h7,9,12H,3-6,11H2,1-2H3. The third-order valence-electron chi connectivity index (χ3n) is 2.18. The van der Waals surface area contributed by atoms with E-state index >= 15 is 0 Å². The number of rotatable bonds is 6. The van der Waals surface area contributed by atoms with Crippen molar-refractivity contribution in [3.63, 3.8) is 0 Å². The van der Waals surface area contributed by atoms with Gasteiger partial charge in [-0.25, -0.2) is 4.98 Å². The van der Waals surface area contributed by atoms with Crippen LogP contribution >= 0.6 is 11.3 Å². The molecule has 0 aliphatic carbocycles. The van der Waals surface area contributed by atoms with E-state index in [-0.39, 0.29) is 0 Å². The van der Waals surface area contributed by atoms with E-state index in [1.165, 1.54) is 4.88 Å². The molecule has 0 amide bonds. The summed E-state index contributed by atoms with van der Waals surface area (Å²) < 4.78 is 0. The highest BCUT2D eigenvalue weighted by Gasteiger charge is 1.99. The van der Waals surface area contributed by atoms with E-state index in [9.17, 15) is 0 Å². The van der Waals surface area contributed by atoms with Crippen LogP contribution in [-0.2, 0) is 6.54 Å². The summed E-state index contributed by atoms with van der Waals surface area (Å²) in [6.07, 6.45) is 4.04. The van der Waals surface area contributed by atoms with E-state index in [0.29, 0.717) is 6.04 Å². The molecule has 1 rings (SSSR count). The summed E-state index contributed by atoms with van der Waals surface area (Å²) in [6, 6.07) is 0.339. The van der Waals surface area contributed by atoms with Gasteiger partial charge >= 0.3 is 0 Å². The van der Waals surface area contributed by atoms with Gasteiger partial charge in [0, 0.05) is 23.7 Å². The second kappa shape index (κ2) is 6.11. The van der Waals surface area contributed by atoms with E-state index in [2.05, 4.69) is 17.2 Å². The summed E-state index contributed by atoms with van der Waals surface area (Å²) in [5.41, 5.74) is 5.81. The van der Waals surface area contributed by atoms with Crippen molar-refractivity contribution in [2.24, 2.45) is 5.73 Å². The van der Waals surface area contributed by atoms with Gasteiger partial charge in [-0.2, -0.15) is 0 Å². The van der Waals surface area contributed by atoms with Crippen molar-refractivity contribution in [1.82, 2.24) is 10.3 Å². The first-order chi connectivity index (χ1) is 6.72. The minimum Gasteiger partial charge on any atom is -0.328 e. The van der Waals surface area contributed by atoms with E-state index in [1.54, 1.807) is 11.3 Å². The van der Waals surface area contributed by atoms with Gasteiger partial charge in [0.25, 0.3) is 0 Å². The molecular weight excluding hydrogens is 194 g/mol. The van der Waals surface area contributed by atoms with Crippen LogP contribution in [0.15, 0.2) is 6.20 Å². The van der Waals surface area contributed by atoms with Crippen molar-refractivity contribution in [3.05, 3.63) is 16.1 Å². The first-order valence-corrected chi connectivity index (χ1v) is 5.91. The van der Waals surface area contributed by atoms with Crippen LogP contribution in [0.5, 0.6) is 0 Å². The molecule has 1 heterocycles. The largest absolute Gasteiger partial charge is 0.328 e. The third-order valence-corrected chi connectivity index (χ3v) is 3.10. The molecule has 4 heteroatoms. The maximum atomic E-state index is 5.81. The number of nitrogens with one attached hydrogen (secondary N) is 1.